The highest BCUT2D eigenvalue weighted by Gasteiger charge is 2.72. The molecule has 108 valence electrons. The van der Waals surface area contributed by atoms with E-state index < -0.39 is 0 Å². The number of fused-ring (bicyclic) bond motifs is 1. The zero-order chi connectivity index (χ0) is 13.8. The van der Waals surface area contributed by atoms with Gasteiger partial charge in [-0.2, -0.15) is 0 Å². The van der Waals surface area contributed by atoms with Gasteiger partial charge in [0.05, 0.1) is 11.7 Å². The van der Waals surface area contributed by atoms with Crippen molar-refractivity contribution in [3.63, 3.8) is 0 Å². The fraction of sp³-hybridized carbons (Fsp3) is 0.824. The van der Waals surface area contributed by atoms with Crippen LogP contribution in [0.1, 0.15) is 46.0 Å². The Morgan fingerprint density at radius 3 is 3.00 bits per heavy atom. The number of carbonyl (C=O) groups is 1. The summed E-state index contributed by atoms with van der Waals surface area (Å²) in [5.41, 5.74) is 0.500. The molecule has 0 radical (unpaired) electrons. The van der Waals surface area contributed by atoms with E-state index in [1.807, 2.05) is 0 Å². The van der Waals surface area contributed by atoms with Crippen LogP contribution < -0.4 is 0 Å². The van der Waals surface area contributed by atoms with Crippen LogP contribution in [0.5, 0.6) is 0 Å². The van der Waals surface area contributed by atoms with Crippen LogP contribution in [0, 0.1) is 22.7 Å². The van der Waals surface area contributed by atoms with Gasteiger partial charge in [0.25, 0.3) is 0 Å². The van der Waals surface area contributed by atoms with E-state index >= 15 is 0 Å². The third-order valence-corrected chi connectivity index (χ3v) is 7.19. The van der Waals surface area contributed by atoms with Gasteiger partial charge in [-0.25, -0.2) is 0 Å². The molecular formula is C17H22O3. The Hall–Kier alpha value is -0.830. The minimum atomic E-state index is -0.0352. The second kappa shape index (κ2) is 3.16. The molecule has 0 N–H and O–H groups in total. The summed E-state index contributed by atoms with van der Waals surface area (Å²) in [5.74, 6) is 1.23. The molecule has 1 spiro atoms. The molecule has 3 aliphatic heterocycles. The fourth-order valence-electron chi connectivity index (χ4n) is 6.53. The summed E-state index contributed by atoms with van der Waals surface area (Å²) in [6.07, 6.45) is 10.1. The Bertz CT molecular complexity index is 540. The average molecular weight is 274 g/mol. The Morgan fingerprint density at radius 2 is 2.20 bits per heavy atom. The van der Waals surface area contributed by atoms with Crippen LogP contribution in [0.3, 0.4) is 0 Å². The van der Waals surface area contributed by atoms with Gasteiger partial charge in [-0.15, -0.1) is 0 Å². The molecule has 4 bridgehead atoms. The van der Waals surface area contributed by atoms with Crippen LogP contribution >= 0.6 is 0 Å². The molecule has 3 heteroatoms. The zero-order valence-corrected chi connectivity index (χ0v) is 12.2. The van der Waals surface area contributed by atoms with E-state index in [2.05, 4.69) is 26.0 Å². The molecule has 0 unspecified atom stereocenters. The number of ether oxygens (including phenoxy) is 2. The number of esters is 1. The van der Waals surface area contributed by atoms with Crippen molar-refractivity contribution in [3.8, 4) is 0 Å². The lowest BCUT2D eigenvalue weighted by atomic mass is 9.50. The van der Waals surface area contributed by atoms with Gasteiger partial charge in [-0.3, -0.25) is 4.79 Å². The minimum absolute atomic E-state index is 0.0347. The highest BCUT2D eigenvalue weighted by molar-refractivity contribution is 5.71. The van der Waals surface area contributed by atoms with E-state index in [0.717, 1.165) is 12.3 Å². The van der Waals surface area contributed by atoms with E-state index in [4.69, 9.17) is 9.47 Å². The normalized spacial score (nSPS) is 62.2. The molecule has 7 atom stereocenters. The van der Waals surface area contributed by atoms with E-state index in [1.165, 1.54) is 19.3 Å². The first-order valence-corrected chi connectivity index (χ1v) is 8.02. The van der Waals surface area contributed by atoms with Crippen LogP contribution in [0.2, 0.25) is 0 Å². The molecule has 3 aliphatic carbocycles. The lowest BCUT2D eigenvalue weighted by Crippen LogP contribution is -2.59. The van der Waals surface area contributed by atoms with Crippen molar-refractivity contribution in [3.05, 3.63) is 12.2 Å². The first kappa shape index (κ1) is 11.8. The molecule has 0 aromatic carbocycles. The Kier molecular flexibility index (Phi) is 1.86. The van der Waals surface area contributed by atoms with Crippen LogP contribution in [0.15, 0.2) is 12.2 Å². The molecule has 20 heavy (non-hydrogen) atoms. The second-order valence-corrected chi connectivity index (χ2v) is 8.27. The van der Waals surface area contributed by atoms with E-state index in [0.29, 0.717) is 23.9 Å². The quantitative estimate of drug-likeness (QED) is 0.503. The van der Waals surface area contributed by atoms with Crippen LogP contribution in [-0.2, 0) is 14.3 Å². The smallest absolute Gasteiger partial charge is 0.306 e. The first-order valence-electron chi connectivity index (χ1n) is 8.02. The summed E-state index contributed by atoms with van der Waals surface area (Å²) in [7, 11) is 0. The lowest BCUT2D eigenvalue weighted by Gasteiger charge is -2.59. The molecule has 3 saturated heterocycles. The Labute approximate surface area is 119 Å². The summed E-state index contributed by atoms with van der Waals surface area (Å²) in [6.45, 7) is 4.64. The molecule has 3 nitrogen and oxygen atoms in total. The van der Waals surface area contributed by atoms with Gasteiger partial charge < -0.3 is 9.47 Å². The molecule has 6 aliphatic rings. The van der Waals surface area contributed by atoms with Gasteiger partial charge in [0.15, 0.2) is 0 Å². The third-order valence-electron chi connectivity index (χ3n) is 7.19. The number of hydrogen-bond acceptors (Lipinski definition) is 3. The zero-order valence-electron chi connectivity index (χ0n) is 12.2. The van der Waals surface area contributed by atoms with Crippen molar-refractivity contribution in [2.75, 3.05) is 0 Å². The summed E-state index contributed by atoms with van der Waals surface area (Å²) >= 11 is 0. The molecule has 3 heterocycles. The van der Waals surface area contributed by atoms with Crippen LogP contribution in [0.25, 0.3) is 0 Å². The van der Waals surface area contributed by atoms with Gasteiger partial charge in [0.1, 0.15) is 6.10 Å². The molecule has 6 rings (SSSR count). The van der Waals surface area contributed by atoms with Crippen molar-refractivity contribution >= 4 is 5.97 Å². The lowest BCUT2D eigenvalue weighted by molar-refractivity contribution is -0.203. The molecule has 2 saturated carbocycles. The molecular weight excluding hydrogens is 252 g/mol. The highest BCUT2D eigenvalue weighted by atomic mass is 16.5. The van der Waals surface area contributed by atoms with Gasteiger partial charge in [-0.1, -0.05) is 13.0 Å². The summed E-state index contributed by atoms with van der Waals surface area (Å²) < 4.78 is 12.1. The monoisotopic (exact) mass is 274 g/mol. The highest BCUT2D eigenvalue weighted by Crippen LogP contribution is 2.72. The standard InChI is InChI=1S/C17H22O3/c1-15-5-4-13(18)19-12(15)3-6-17-8-10-7-11(14(15)17)20-16(10,2)9-17/h3,6,10-12,14H,4-5,7-9H2,1-2H3/t10-,11+,12-,14+,15-,16+,17+/m1/s1. The predicted octanol–water partition coefficient (Wildman–Crippen LogP) is 2.84. The van der Waals surface area contributed by atoms with E-state index in [-0.39, 0.29) is 23.1 Å². The summed E-state index contributed by atoms with van der Waals surface area (Å²) in [5, 5.41) is 0. The Morgan fingerprint density at radius 1 is 1.35 bits per heavy atom. The second-order valence-electron chi connectivity index (χ2n) is 8.27. The molecule has 0 aromatic heterocycles. The van der Waals surface area contributed by atoms with Crippen molar-refractivity contribution < 1.29 is 14.3 Å². The van der Waals surface area contributed by atoms with Crippen LogP contribution in [0.4, 0.5) is 0 Å². The number of allylic oxidation sites excluding steroid dienone is 1. The first-order chi connectivity index (χ1) is 9.45. The average Bonchev–Trinajstić information content (AvgIpc) is 2.73. The van der Waals surface area contributed by atoms with Crippen molar-refractivity contribution in [2.45, 2.75) is 63.8 Å². The fourth-order valence-corrected chi connectivity index (χ4v) is 6.53. The van der Waals surface area contributed by atoms with Gasteiger partial charge >= 0.3 is 5.97 Å². The topological polar surface area (TPSA) is 35.5 Å². The van der Waals surface area contributed by atoms with Gasteiger partial charge in [0, 0.05) is 17.8 Å². The van der Waals surface area contributed by atoms with E-state index in [1.54, 1.807) is 0 Å². The third kappa shape index (κ3) is 1.13. The largest absolute Gasteiger partial charge is 0.458 e. The summed E-state index contributed by atoms with van der Waals surface area (Å²) in [6, 6.07) is 0. The van der Waals surface area contributed by atoms with E-state index in [9.17, 15) is 4.79 Å². The molecule has 0 amide bonds. The van der Waals surface area contributed by atoms with Crippen molar-refractivity contribution in [1.82, 2.24) is 0 Å². The maximum absolute atomic E-state index is 11.6. The van der Waals surface area contributed by atoms with Crippen molar-refractivity contribution in [2.24, 2.45) is 22.7 Å². The summed E-state index contributed by atoms with van der Waals surface area (Å²) in [4.78, 5) is 11.6. The number of hydrogen-bond donors (Lipinski definition) is 0. The maximum atomic E-state index is 11.6. The number of carbonyl (C=O) groups excluding carboxylic acids is 1. The minimum Gasteiger partial charge on any atom is -0.458 e. The van der Waals surface area contributed by atoms with Gasteiger partial charge in [0.2, 0.25) is 0 Å². The van der Waals surface area contributed by atoms with Crippen LogP contribution in [-0.4, -0.2) is 23.8 Å². The van der Waals surface area contributed by atoms with Gasteiger partial charge in [-0.05, 0) is 50.0 Å². The number of rotatable bonds is 0. The molecule has 0 aromatic rings. The Balaban J connectivity index is 1.64. The predicted molar refractivity (Wildman–Crippen MR) is 72.9 cm³/mol. The van der Waals surface area contributed by atoms with Crippen molar-refractivity contribution in [1.29, 1.82) is 0 Å². The molecule has 5 fully saturated rings. The SMILES string of the molecule is C[C@@]12CCC(=O)O[C@@H]1C=C[C@]13C[C@H]4C[C@H](O[C@@]4(C)C1)[C@H]32. The maximum Gasteiger partial charge on any atom is 0.306 e.